The number of hydrogen-bond acceptors (Lipinski definition) is 9. The Balaban J connectivity index is 1.74. The Labute approximate surface area is 244 Å². The lowest BCUT2D eigenvalue weighted by atomic mass is 9.94. The number of aliphatic hydroxyl groups is 1. The largest absolute Gasteiger partial charge is 0.453 e. The highest BCUT2D eigenvalue weighted by Gasteiger charge is 2.61. The van der Waals surface area contributed by atoms with E-state index in [0.29, 0.717) is 5.56 Å². The number of aromatic nitrogens is 4. The monoisotopic (exact) mass is 591 g/mol. The van der Waals surface area contributed by atoms with E-state index in [4.69, 9.17) is 19.6 Å². The quantitative estimate of drug-likeness (QED) is 0.206. The van der Waals surface area contributed by atoms with Crippen LogP contribution in [0.1, 0.15) is 36.7 Å². The van der Waals surface area contributed by atoms with Gasteiger partial charge < -0.3 is 24.7 Å². The molecule has 1 fully saturated rings. The Hall–Kier alpha value is -3.84. The number of nitrogen functional groups attached to an aromatic ring is 1. The number of rotatable bonds is 8. The molecule has 1 saturated heterocycles. The molecule has 0 amide bonds. The Morgan fingerprint density at radius 3 is 2.40 bits per heavy atom. The number of hydrogen-bond donors (Lipinski definition) is 3. The molecule has 1 aliphatic rings. The molecule has 0 radical (unpaired) electrons. The Morgan fingerprint density at radius 1 is 1.14 bits per heavy atom. The molecule has 222 valence electrons. The lowest BCUT2D eigenvalue weighted by Gasteiger charge is -2.44. The van der Waals surface area contributed by atoms with Gasteiger partial charge in [0.05, 0.1) is 18.5 Å². The summed E-state index contributed by atoms with van der Waals surface area (Å²) in [4.78, 5) is 37.5. The molecule has 2 aromatic carbocycles. The van der Waals surface area contributed by atoms with Crippen molar-refractivity contribution in [3.63, 3.8) is 0 Å². The summed E-state index contributed by atoms with van der Waals surface area (Å²) in [5.41, 5.74) is 5.52. The summed E-state index contributed by atoms with van der Waals surface area (Å²) >= 11 is 0. The number of aliphatic hydroxyl groups excluding tert-OH is 1. The van der Waals surface area contributed by atoms with Gasteiger partial charge >= 0.3 is 5.97 Å². The standard InChI is InChI=1S/C30H37N5O6Si/c1-29(2,3)42(4,5)41-24-23(39-27(38)20-14-10-7-11-15-20)21(17-36)40-30(24,16-19-12-8-6-9-13-19)35-18-32-22-25(35)33-28(31)34-26(22)37/h6-15,18,21,23-24,36H,16-17H2,1-5H3,(H3,31,33,34,37)/t21-,23-,24-,30-/m1/s1. The zero-order valence-electron chi connectivity index (χ0n) is 24.4. The van der Waals surface area contributed by atoms with Crippen LogP contribution in [0.4, 0.5) is 5.95 Å². The van der Waals surface area contributed by atoms with E-state index >= 15 is 0 Å². The maximum Gasteiger partial charge on any atom is 0.338 e. The Kier molecular flexibility index (Phi) is 7.83. The number of H-pyrrole nitrogens is 1. The summed E-state index contributed by atoms with van der Waals surface area (Å²) in [6.07, 6.45) is -1.22. The minimum absolute atomic E-state index is 0.0663. The van der Waals surface area contributed by atoms with Crippen molar-refractivity contribution >= 4 is 31.4 Å². The fraction of sp³-hybridized carbons (Fsp3) is 0.400. The number of imidazole rings is 1. The van der Waals surface area contributed by atoms with Gasteiger partial charge in [-0.2, -0.15) is 4.98 Å². The van der Waals surface area contributed by atoms with Crippen molar-refractivity contribution in [3.8, 4) is 0 Å². The highest BCUT2D eigenvalue weighted by atomic mass is 28.4. The molecule has 4 aromatic rings. The second-order valence-electron chi connectivity index (χ2n) is 12.1. The van der Waals surface area contributed by atoms with Gasteiger partial charge in [0.1, 0.15) is 12.2 Å². The summed E-state index contributed by atoms with van der Waals surface area (Å²) in [6.45, 7) is 10.1. The van der Waals surface area contributed by atoms with Gasteiger partial charge in [-0.05, 0) is 35.8 Å². The van der Waals surface area contributed by atoms with Gasteiger partial charge in [0.2, 0.25) is 5.95 Å². The molecule has 2 aromatic heterocycles. The smallest absolute Gasteiger partial charge is 0.338 e. The summed E-state index contributed by atoms with van der Waals surface area (Å²) in [7, 11) is -2.59. The molecule has 0 spiro atoms. The maximum atomic E-state index is 13.4. The molecule has 12 heteroatoms. The van der Waals surface area contributed by atoms with Crippen molar-refractivity contribution in [3.05, 3.63) is 88.5 Å². The van der Waals surface area contributed by atoms with E-state index in [2.05, 4.69) is 48.8 Å². The molecule has 4 atom stereocenters. The number of fused-ring (bicyclic) bond motifs is 1. The molecule has 11 nitrogen and oxygen atoms in total. The minimum Gasteiger partial charge on any atom is -0.453 e. The molecule has 4 N–H and O–H groups in total. The van der Waals surface area contributed by atoms with Crippen molar-refractivity contribution < 1.29 is 23.8 Å². The summed E-state index contributed by atoms with van der Waals surface area (Å²) in [5, 5.41) is 10.4. The van der Waals surface area contributed by atoms with Crippen molar-refractivity contribution in [1.82, 2.24) is 19.5 Å². The first-order valence-electron chi connectivity index (χ1n) is 13.9. The highest BCUT2D eigenvalue weighted by molar-refractivity contribution is 6.74. The predicted octanol–water partition coefficient (Wildman–Crippen LogP) is 3.60. The molecule has 0 saturated carbocycles. The number of carbonyl (C=O) groups excluding carboxylic acids is 1. The fourth-order valence-electron chi connectivity index (χ4n) is 5.06. The van der Waals surface area contributed by atoms with E-state index in [-0.39, 0.29) is 28.6 Å². The first kappa shape index (κ1) is 29.6. The van der Waals surface area contributed by atoms with Crippen LogP contribution in [-0.4, -0.2) is 63.8 Å². The zero-order chi connectivity index (χ0) is 30.3. The lowest BCUT2D eigenvalue weighted by Crippen LogP contribution is -2.56. The SMILES string of the molecule is CC(C)(C)[Si](C)(C)O[C@@H]1[C@H](OC(=O)c2ccccc2)[C@@H](CO)O[C@@]1(Cc1ccccc1)n1cnc2c(=O)[nH]c(N)nc21. The van der Waals surface area contributed by atoms with E-state index in [1.54, 1.807) is 28.8 Å². The summed E-state index contributed by atoms with van der Waals surface area (Å²) in [6, 6.07) is 18.2. The van der Waals surface area contributed by atoms with Crippen LogP contribution in [0.25, 0.3) is 11.2 Å². The van der Waals surface area contributed by atoms with Crippen LogP contribution in [0.3, 0.4) is 0 Å². The van der Waals surface area contributed by atoms with Gasteiger partial charge in [-0.15, -0.1) is 0 Å². The van der Waals surface area contributed by atoms with Crippen molar-refractivity contribution in [1.29, 1.82) is 0 Å². The molecule has 42 heavy (non-hydrogen) atoms. The predicted molar refractivity (Wildman–Crippen MR) is 160 cm³/mol. The number of anilines is 1. The van der Waals surface area contributed by atoms with Crippen molar-refractivity contribution in [2.45, 2.75) is 69.4 Å². The number of esters is 1. The number of aromatic amines is 1. The van der Waals surface area contributed by atoms with Crippen LogP contribution in [-0.2, 0) is 26.0 Å². The second kappa shape index (κ2) is 11.1. The van der Waals surface area contributed by atoms with E-state index in [0.717, 1.165) is 5.56 Å². The number of carbonyl (C=O) groups is 1. The normalized spacial score (nSPS) is 22.9. The van der Waals surface area contributed by atoms with Crippen molar-refractivity contribution in [2.24, 2.45) is 0 Å². The average molecular weight is 592 g/mol. The molecular weight excluding hydrogens is 554 g/mol. The Bertz CT molecular complexity index is 1620. The molecule has 3 heterocycles. The number of nitrogens with two attached hydrogens (primary N) is 1. The van der Waals surface area contributed by atoms with Crippen LogP contribution in [0.5, 0.6) is 0 Å². The maximum absolute atomic E-state index is 13.4. The van der Waals surface area contributed by atoms with Crippen LogP contribution >= 0.6 is 0 Å². The third kappa shape index (κ3) is 5.38. The van der Waals surface area contributed by atoms with Gasteiger partial charge in [0.25, 0.3) is 5.56 Å². The van der Waals surface area contributed by atoms with Crippen LogP contribution in [0.2, 0.25) is 18.1 Å². The van der Waals surface area contributed by atoms with E-state index < -0.39 is 50.5 Å². The topological polar surface area (TPSA) is 155 Å². The van der Waals surface area contributed by atoms with Gasteiger partial charge in [-0.3, -0.25) is 14.3 Å². The zero-order valence-corrected chi connectivity index (χ0v) is 25.4. The number of nitrogens with zero attached hydrogens (tertiary/aromatic N) is 3. The van der Waals surface area contributed by atoms with Gasteiger partial charge in [0, 0.05) is 6.42 Å². The first-order chi connectivity index (χ1) is 19.9. The summed E-state index contributed by atoms with van der Waals surface area (Å²) < 4.78 is 21.6. The van der Waals surface area contributed by atoms with Gasteiger partial charge in [0.15, 0.2) is 31.3 Å². The molecular formula is C30H37N5O6Si. The number of ether oxygens (including phenoxy) is 2. The molecule has 0 unspecified atom stereocenters. The number of nitrogens with one attached hydrogen (secondary N) is 1. The van der Waals surface area contributed by atoms with E-state index in [9.17, 15) is 14.7 Å². The van der Waals surface area contributed by atoms with Crippen LogP contribution in [0.15, 0.2) is 71.8 Å². The molecule has 1 aliphatic heterocycles. The lowest BCUT2D eigenvalue weighted by molar-refractivity contribution is -0.141. The molecule has 0 bridgehead atoms. The fourth-order valence-corrected chi connectivity index (χ4v) is 6.37. The third-order valence-electron chi connectivity index (χ3n) is 8.26. The van der Waals surface area contributed by atoms with Crippen LogP contribution in [0, 0.1) is 0 Å². The van der Waals surface area contributed by atoms with Crippen molar-refractivity contribution in [2.75, 3.05) is 12.3 Å². The summed E-state index contributed by atoms with van der Waals surface area (Å²) in [5.74, 6) is -0.661. The third-order valence-corrected chi connectivity index (χ3v) is 12.7. The minimum atomic E-state index is -2.59. The number of benzene rings is 2. The second-order valence-corrected chi connectivity index (χ2v) is 16.9. The van der Waals surface area contributed by atoms with Crippen LogP contribution < -0.4 is 11.3 Å². The highest BCUT2D eigenvalue weighted by Crippen LogP contribution is 2.47. The van der Waals surface area contributed by atoms with Gasteiger partial charge in [-0.25, -0.2) is 9.78 Å². The van der Waals surface area contributed by atoms with Gasteiger partial charge in [-0.1, -0.05) is 69.3 Å². The Morgan fingerprint density at radius 2 is 1.79 bits per heavy atom. The average Bonchev–Trinajstić information content (AvgIpc) is 3.49. The molecule has 5 rings (SSSR count). The first-order valence-corrected chi connectivity index (χ1v) is 16.8. The van der Waals surface area contributed by atoms with E-state index in [1.165, 1.54) is 6.33 Å². The molecule has 0 aliphatic carbocycles. The van der Waals surface area contributed by atoms with E-state index in [1.807, 2.05) is 36.4 Å².